The van der Waals surface area contributed by atoms with Crippen LogP contribution in [-0.2, 0) is 9.53 Å². The maximum atomic E-state index is 12.4. The molecule has 0 aromatic heterocycles. The number of esters is 1. The average molecular weight is 336 g/mol. The van der Waals surface area contributed by atoms with E-state index in [0.717, 1.165) is 0 Å². The van der Waals surface area contributed by atoms with E-state index >= 15 is 0 Å². The predicted molar refractivity (Wildman–Crippen MR) is 89.6 cm³/mol. The molecular weight excluding hydrogens is 318 g/mol. The Bertz CT molecular complexity index is 658. The van der Waals surface area contributed by atoms with Gasteiger partial charge in [-0.25, -0.2) is 4.79 Å². The summed E-state index contributed by atoms with van der Waals surface area (Å²) in [7, 11) is 0. The highest BCUT2D eigenvalue weighted by Gasteiger charge is 2.31. The fourth-order valence-corrected chi connectivity index (χ4v) is 2.59. The summed E-state index contributed by atoms with van der Waals surface area (Å²) in [6.07, 6.45) is -0.266. The summed E-state index contributed by atoms with van der Waals surface area (Å²) in [4.78, 5) is 12.4. The number of nitrogens with one attached hydrogen (secondary N) is 2. The summed E-state index contributed by atoms with van der Waals surface area (Å²) >= 11 is 5.14. The lowest BCUT2D eigenvalue weighted by atomic mass is 9.95. The summed E-state index contributed by atoms with van der Waals surface area (Å²) in [6.45, 7) is 5.25. The maximum Gasteiger partial charge on any atom is 0.338 e. The molecule has 1 atom stereocenters. The minimum absolute atomic E-state index is 0.0583. The molecule has 3 N–H and O–H groups in total. The van der Waals surface area contributed by atoms with E-state index in [1.807, 2.05) is 0 Å². The molecule has 1 aliphatic heterocycles. The van der Waals surface area contributed by atoms with Gasteiger partial charge in [-0.1, -0.05) is 12.1 Å². The van der Waals surface area contributed by atoms with Gasteiger partial charge in [0, 0.05) is 5.70 Å². The first-order valence-electron chi connectivity index (χ1n) is 7.05. The second-order valence-corrected chi connectivity index (χ2v) is 5.80. The largest absolute Gasteiger partial charge is 0.733 e. The van der Waals surface area contributed by atoms with Crippen LogP contribution in [0.15, 0.2) is 35.5 Å². The van der Waals surface area contributed by atoms with Crippen molar-refractivity contribution in [2.45, 2.75) is 32.9 Å². The van der Waals surface area contributed by atoms with Crippen LogP contribution in [0.4, 0.5) is 5.69 Å². The minimum atomic E-state index is -0.574. The van der Waals surface area contributed by atoms with Crippen LogP contribution in [-0.4, -0.2) is 22.4 Å². The lowest BCUT2D eigenvalue weighted by Gasteiger charge is -2.31. The van der Waals surface area contributed by atoms with Crippen LogP contribution < -0.4 is 15.9 Å². The number of thiocarbonyl (C=S) groups is 1. The van der Waals surface area contributed by atoms with Crippen LogP contribution in [0, 0.1) is 5.21 Å². The Labute approximate surface area is 139 Å². The Hall–Kier alpha value is -2.16. The number of benzene rings is 1. The second kappa shape index (κ2) is 6.95. The van der Waals surface area contributed by atoms with E-state index in [9.17, 15) is 10.0 Å². The molecule has 0 unspecified atom stereocenters. The minimum Gasteiger partial charge on any atom is -0.733 e. The van der Waals surface area contributed by atoms with Crippen molar-refractivity contribution in [2.24, 2.45) is 0 Å². The summed E-state index contributed by atoms with van der Waals surface area (Å²) in [5, 5.41) is 26.2. The monoisotopic (exact) mass is 336 g/mol. The van der Waals surface area contributed by atoms with Gasteiger partial charge in [0.2, 0.25) is 0 Å². The van der Waals surface area contributed by atoms with Gasteiger partial charge in [0.1, 0.15) is 0 Å². The van der Waals surface area contributed by atoms with E-state index in [1.165, 1.54) is 12.1 Å². The van der Waals surface area contributed by atoms with Crippen LogP contribution >= 0.6 is 12.2 Å². The Morgan fingerprint density at radius 2 is 2.17 bits per heavy atom. The molecule has 124 valence electrons. The first-order valence-corrected chi connectivity index (χ1v) is 7.45. The van der Waals surface area contributed by atoms with E-state index in [0.29, 0.717) is 21.9 Å². The molecule has 23 heavy (non-hydrogen) atoms. The molecule has 8 heteroatoms. The van der Waals surface area contributed by atoms with Gasteiger partial charge < -0.3 is 25.8 Å². The summed E-state index contributed by atoms with van der Waals surface area (Å²) < 4.78 is 5.28. The van der Waals surface area contributed by atoms with E-state index in [-0.39, 0.29) is 17.0 Å². The highest BCUT2D eigenvalue weighted by atomic mass is 32.1. The van der Waals surface area contributed by atoms with Crippen molar-refractivity contribution in [1.82, 2.24) is 10.6 Å². The zero-order valence-corrected chi connectivity index (χ0v) is 13.8. The lowest BCUT2D eigenvalue weighted by Crippen LogP contribution is -2.45. The number of hydrogen-bond donors (Lipinski definition) is 3. The number of hydrogen-bond acceptors (Lipinski definition) is 6. The second-order valence-electron chi connectivity index (χ2n) is 5.39. The van der Waals surface area contributed by atoms with Gasteiger partial charge >= 0.3 is 5.97 Å². The first kappa shape index (κ1) is 17.2. The summed E-state index contributed by atoms with van der Waals surface area (Å²) in [6, 6.07) is 5.70. The number of carbonyl (C=O) groups excluding carboxylic acids is 1. The molecule has 1 aromatic rings. The molecule has 1 aliphatic rings. The summed E-state index contributed by atoms with van der Waals surface area (Å²) in [5.41, 5.74) is 1.62. The van der Waals surface area contributed by atoms with Gasteiger partial charge in [-0.05, 0) is 50.7 Å². The highest BCUT2D eigenvalue weighted by molar-refractivity contribution is 7.80. The number of anilines is 1. The van der Waals surface area contributed by atoms with Crippen molar-refractivity contribution in [3.8, 4) is 0 Å². The van der Waals surface area contributed by atoms with Gasteiger partial charge in [-0.3, -0.25) is 5.21 Å². The van der Waals surface area contributed by atoms with E-state index < -0.39 is 12.0 Å². The third-order valence-electron chi connectivity index (χ3n) is 3.26. The van der Waals surface area contributed by atoms with Crippen molar-refractivity contribution in [1.29, 1.82) is 0 Å². The van der Waals surface area contributed by atoms with Crippen LogP contribution in [0.25, 0.3) is 0 Å². The Morgan fingerprint density at radius 1 is 1.48 bits per heavy atom. The molecule has 0 saturated heterocycles. The van der Waals surface area contributed by atoms with Crippen molar-refractivity contribution >= 4 is 29.0 Å². The molecule has 1 aromatic carbocycles. The first-order chi connectivity index (χ1) is 10.8. The smallest absolute Gasteiger partial charge is 0.338 e. The van der Waals surface area contributed by atoms with E-state index in [1.54, 1.807) is 32.9 Å². The third-order valence-corrected chi connectivity index (χ3v) is 3.48. The summed E-state index contributed by atoms with van der Waals surface area (Å²) in [5.74, 6) is -0.474. The van der Waals surface area contributed by atoms with Crippen molar-refractivity contribution in [2.75, 3.05) is 5.23 Å². The molecule has 0 amide bonds. The molecular formula is C15H18N3O4S-. The number of carbonyl (C=O) groups is 1. The molecule has 0 radical (unpaired) electrons. The van der Waals surface area contributed by atoms with Gasteiger partial charge in [-0.15, -0.1) is 0 Å². The molecule has 0 spiro atoms. The Balaban J connectivity index is 2.44. The lowest BCUT2D eigenvalue weighted by molar-refractivity contribution is -0.143. The highest BCUT2D eigenvalue weighted by Crippen LogP contribution is 2.29. The number of ether oxygens (including phenoxy) is 1. The van der Waals surface area contributed by atoms with E-state index in [4.69, 9.17) is 22.2 Å². The molecule has 0 aliphatic carbocycles. The zero-order chi connectivity index (χ0) is 17.1. The number of allylic oxidation sites excluding steroid dienone is 1. The maximum absolute atomic E-state index is 12.4. The van der Waals surface area contributed by atoms with Crippen molar-refractivity contribution < 1.29 is 14.7 Å². The number of rotatable bonds is 4. The van der Waals surface area contributed by atoms with Crippen LogP contribution in [0.3, 0.4) is 0 Å². The van der Waals surface area contributed by atoms with Crippen LogP contribution in [0.5, 0.6) is 0 Å². The molecule has 2 rings (SSSR count). The Kier molecular flexibility index (Phi) is 5.19. The van der Waals surface area contributed by atoms with Gasteiger partial charge in [-0.2, -0.15) is 0 Å². The zero-order valence-electron chi connectivity index (χ0n) is 13.0. The standard InChI is InChI=1S/C15H18N3O4S/c1-8(2)22-14(19)12-9(3)16-15(23)17-13(12)10-5-4-6-11(7-10)18(20)21/h4-8,13,20H,1-3H3,(H2,16,17,23)/q-1/t13-/m0/s1. The fourth-order valence-electron chi connectivity index (χ4n) is 2.32. The van der Waals surface area contributed by atoms with Crippen LogP contribution in [0.2, 0.25) is 0 Å². The van der Waals surface area contributed by atoms with Crippen LogP contribution in [0.1, 0.15) is 32.4 Å². The normalized spacial score (nSPS) is 17.7. The topological polar surface area (TPSA) is 96.9 Å². The molecule has 0 saturated carbocycles. The average Bonchev–Trinajstić information content (AvgIpc) is 2.45. The van der Waals surface area contributed by atoms with E-state index in [2.05, 4.69) is 10.6 Å². The van der Waals surface area contributed by atoms with Gasteiger partial charge in [0.25, 0.3) is 0 Å². The fraction of sp³-hybridized carbons (Fsp3) is 0.333. The number of nitrogens with zero attached hydrogens (tertiary/aromatic N) is 1. The van der Waals surface area contributed by atoms with Crippen molar-refractivity contribution in [3.63, 3.8) is 0 Å². The molecule has 7 nitrogen and oxygen atoms in total. The predicted octanol–water partition coefficient (Wildman–Crippen LogP) is 2.12. The van der Waals surface area contributed by atoms with Gasteiger partial charge in [0.15, 0.2) is 5.11 Å². The molecule has 0 fully saturated rings. The molecule has 1 heterocycles. The quantitative estimate of drug-likeness (QED) is 0.437. The molecule has 0 bridgehead atoms. The van der Waals surface area contributed by atoms with Crippen molar-refractivity contribution in [3.05, 3.63) is 46.3 Å². The SMILES string of the molecule is CC1=C(C(=O)OC(C)C)[C@H](c2cccc(N([O-])O)c2)NC(=S)N1. The Morgan fingerprint density at radius 3 is 2.78 bits per heavy atom. The third kappa shape index (κ3) is 3.98. The van der Waals surface area contributed by atoms with Gasteiger partial charge in [0.05, 0.1) is 23.4 Å².